The second kappa shape index (κ2) is 9.95. The third-order valence-electron chi connectivity index (χ3n) is 4.14. The van der Waals surface area contributed by atoms with Crippen LogP contribution in [0.4, 0.5) is 5.13 Å². The SMILES string of the molecule is CCOC(=O)c1sc(NC(=O)c2ccc(=O)n(CCOC)c2)nc1-c1ccccc1. The van der Waals surface area contributed by atoms with Crippen molar-refractivity contribution in [3.63, 3.8) is 0 Å². The number of nitrogens with zero attached hydrogens (tertiary/aromatic N) is 2. The normalized spacial score (nSPS) is 10.6. The number of carbonyl (C=O) groups is 2. The minimum Gasteiger partial charge on any atom is -0.462 e. The highest BCUT2D eigenvalue weighted by Crippen LogP contribution is 2.32. The number of pyridine rings is 1. The van der Waals surface area contributed by atoms with Gasteiger partial charge in [0.2, 0.25) is 0 Å². The summed E-state index contributed by atoms with van der Waals surface area (Å²) in [5, 5.41) is 2.96. The number of benzene rings is 1. The Hall–Kier alpha value is -3.30. The third-order valence-corrected chi connectivity index (χ3v) is 5.09. The second-order valence-corrected chi connectivity index (χ2v) is 7.18. The van der Waals surface area contributed by atoms with Crippen LogP contribution in [-0.4, -0.2) is 41.8 Å². The van der Waals surface area contributed by atoms with E-state index < -0.39 is 11.9 Å². The molecule has 0 aliphatic heterocycles. The molecule has 0 fully saturated rings. The quantitative estimate of drug-likeness (QED) is 0.555. The molecule has 0 aliphatic rings. The van der Waals surface area contributed by atoms with E-state index >= 15 is 0 Å². The van der Waals surface area contributed by atoms with Gasteiger partial charge in [0.15, 0.2) is 5.13 Å². The molecule has 3 rings (SSSR count). The monoisotopic (exact) mass is 427 g/mol. The van der Waals surface area contributed by atoms with E-state index in [4.69, 9.17) is 9.47 Å². The zero-order valence-corrected chi connectivity index (χ0v) is 17.4. The Morgan fingerprint density at radius 2 is 1.93 bits per heavy atom. The topological polar surface area (TPSA) is 99.5 Å². The molecule has 8 nitrogen and oxygen atoms in total. The first-order valence-electron chi connectivity index (χ1n) is 9.27. The lowest BCUT2D eigenvalue weighted by Gasteiger charge is -2.07. The molecule has 0 saturated carbocycles. The van der Waals surface area contributed by atoms with Gasteiger partial charge in [-0.1, -0.05) is 41.7 Å². The summed E-state index contributed by atoms with van der Waals surface area (Å²) in [6, 6.07) is 12.0. The molecule has 0 unspecified atom stereocenters. The average molecular weight is 427 g/mol. The Kier molecular flexibility index (Phi) is 7.10. The van der Waals surface area contributed by atoms with Gasteiger partial charge in [0, 0.05) is 31.5 Å². The van der Waals surface area contributed by atoms with E-state index in [1.54, 1.807) is 6.92 Å². The van der Waals surface area contributed by atoms with Gasteiger partial charge in [-0.05, 0) is 13.0 Å². The number of rotatable bonds is 8. The summed E-state index contributed by atoms with van der Waals surface area (Å²) >= 11 is 1.04. The van der Waals surface area contributed by atoms with Crippen molar-refractivity contribution in [1.29, 1.82) is 0 Å². The lowest BCUT2D eigenvalue weighted by Crippen LogP contribution is -2.23. The number of carbonyl (C=O) groups excluding carboxylic acids is 2. The molecule has 2 heterocycles. The van der Waals surface area contributed by atoms with Crippen molar-refractivity contribution in [2.24, 2.45) is 0 Å². The largest absolute Gasteiger partial charge is 0.462 e. The molecule has 30 heavy (non-hydrogen) atoms. The fourth-order valence-corrected chi connectivity index (χ4v) is 3.58. The van der Waals surface area contributed by atoms with Crippen molar-refractivity contribution in [1.82, 2.24) is 9.55 Å². The number of esters is 1. The van der Waals surface area contributed by atoms with Crippen molar-refractivity contribution < 1.29 is 19.1 Å². The number of aromatic nitrogens is 2. The first kappa shape index (κ1) is 21.4. The van der Waals surface area contributed by atoms with E-state index in [0.717, 1.165) is 16.9 Å². The third kappa shape index (κ3) is 5.00. The molecule has 1 N–H and O–H groups in total. The van der Waals surface area contributed by atoms with Gasteiger partial charge in [-0.3, -0.25) is 14.9 Å². The molecular formula is C21H21N3O5S. The highest BCUT2D eigenvalue weighted by atomic mass is 32.1. The number of hydrogen-bond acceptors (Lipinski definition) is 7. The maximum absolute atomic E-state index is 12.7. The van der Waals surface area contributed by atoms with Gasteiger partial charge in [0.05, 0.1) is 24.5 Å². The van der Waals surface area contributed by atoms with Crippen LogP contribution in [-0.2, 0) is 16.0 Å². The molecule has 0 saturated heterocycles. The predicted molar refractivity (Wildman–Crippen MR) is 114 cm³/mol. The zero-order valence-electron chi connectivity index (χ0n) is 16.6. The molecule has 0 atom stereocenters. The summed E-state index contributed by atoms with van der Waals surface area (Å²) in [4.78, 5) is 41.7. The van der Waals surface area contributed by atoms with Crippen LogP contribution in [0.5, 0.6) is 0 Å². The Balaban J connectivity index is 1.89. The number of amides is 1. The molecule has 0 radical (unpaired) electrons. The summed E-state index contributed by atoms with van der Waals surface area (Å²) in [5.74, 6) is -0.938. The molecular weight excluding hydrogens is 406 g/mol. The van der Waals surface area contributed by atoms with Crippen molar-refractivity contribution in [2.45, 2.75) is 13.5 Å². The Labute approximate surface area is 177 Å². The first-order chi connectivity index (χ1) is 14.5. The minimum absolute atomic E-state index is 0.228. The van der Waals surface area contributed by atoms with E-state index in [1.165, 1.54) is 30.0 Å². The molecule has 0 aliphatic carbocycles. The van der Waals surface area contributed by atoms with Crippen molar-refractivity contribution >= 4 is 28.3 Å². The fraction of sp³-hybridized carbons (Fsp3) is 0.238. The Morgan fingerprint density at radius 3 is 2.63 bits per heavy atom. The lowest BCUT2D eigenvalue weighted by molar-refractivity contribution is 0.0532. The summed E-state index contributed by atoms with van der Waals surface area (Å²) in [6.45, 7) is 2.64. The highest BCUT2D eigenvalue weighted by Gasteiger charge is 2.22. The number of hydrogen-bond donors (Lipinski definition) is 1. The van der Waals surface area contributed by atoms with Crippen LogP contribution in [0, 0.1) is 0 Å². The number of methoxy groups -OCH3 is 1. The number of ether oxygens (including phenoxy) is 2. The van der Waals surface area contributed by atoms with Gasteiger partial charge in [-0.25, -0.2) is 9.78 Å². The summed E-state index contributed by atoms with van der Waals surface area (Å²) < 4.78 is 11.5. The van der Waals surface area contributed by atoms with E-state index in [1.807, 2.05) is 30.3 Å². The van der Waals surface area contributed by atoms with E-state index in [0.29, 0.717) is 29.3 Å². The maximum atomic E-state index is 12.7. The van der Waals surface area contributed by atoms with E-state index in [-0.39, 0.29) is 17.3 Å². The van der Waals surface area contributed by atoms with Crippen molar-refractivity contribution in [3.8, 4) is 11.3 Å². The van der Waals surface area contributed by atoms with Crippen LogP contribution < -0.4 is 10.9 Å². The number of thiazole rings is 1. The zero-order chi connectivity index (χ0) is 21.5. The van der Waals surface area contributed by atoms with Crippen molar-refractivity contribution in [2.75, 3.05) is 25.6 Å². The molecule has 1 amide bonds. The van der Waals surface area contributed by atoms with E-state index in [2.05, 4.69) is 10.3 Å². The van der Waals surface area contributed by atoms with Gasteiger partial charge in [-0.2, -0.15) is 0 Å². The van der Waals surface area contributed by atoms with Gasteiger partial charge >= 0.3 is 5.97 Å². The molecule has 3 aromatic rings. The summed E-state index contributed by atoms with van der Waals surface area (Å²) in [7, 11) is 1.54. The molecule has 0 spiro atoms. The average Bonchev–Trinajstić information content (AvgIpc) is 3.18. The highest BCUT2D eigenvalue weighted by molar-refractivity contribution is 7.18. The summed E-state index contributed by atoms with van der Waals surface area (Å²) in [5.41, 5.74) is 1.25. The van der Waals surface area contributed by atoms with Crippen LogP contribution in [0.3, 0.4) is 0 Å². The molecule has 9 heteroatoms. The number of anilines is 1. The van der Waals surface area contributed by atoms with Gasteiger partial charge in [0.1, 0.15) is 4.88 Å². The smallest absolute Gasteiger partial charge is 0.350 e. The van der Waals surface area contributed by atoms with Gasteiger partial charge in [0.25, 0.3) is 11.5 Å². The second-order valence-electron chi connectivity index (χ2n) is 6.18. The van der Waals surface area contributed by atoms with Crippen LogP contribution in [0.15, 0.2) is 53.5 Å². The van der Waals surface area contributed by atoms with Crippen molar-refractivity contribution in [3.05, 3.63) is 69.5 Å². The molecule has 2 aromatic heterocycles. The van der Waals surface area contributed by atoms with Crippen LogP contribution >= 0.6 is 11.3 Å². The van der Waals surface area contributed by atoms with E-state index in [9.17, 15) is 14.4 Å². The molecule has 1 aromatic carbocycles. The lowest BCUT2D eigenvalue weighted by atomic mass is 10.1. The first-order valence-corrected chi connectivity index (χ1v) is 10.1. The fourth-order valence-electron chi connectivity index (χ4n) is 2.70. The van der Waals surface area contributed by atoms with Crippen LogP contribution in [0.25, 0.3) is 11.3 Å². The van der Waals surface area contributed by atoms with Crippen LogP contribution in [0.2, 0.25) is 0 Å². The van der Waals surface area contributed by atoms with Crippen LogP contribution in [0.1, 0.15) is 27.0 Å². The summed E-state index contributed by atoms with van der Waals surface area (Å²) in [6.07, 6.45) is 1.47. The predicted octanol–water partition coefficient (Wildman–Crippen LogP) is 3.05. The van der Waals surface area contributed by atoms with Gasteiger partial charge < -0.3 is 14.0 Å². The molecule has 0 bridgehead atoms. The molecule has 156 valence electrons. The Morgan fingerprint density at radius 1 is 1.17 bits per heavy atom. The standard InChI is InChI=1S/C21H21N3O5S/c1-3-29-20(27)18-17(14-7-5-4-6-8-14)22-21(30-18)23-19(26)15-9-10-16(25)24(13-15)11-12-28-2/h4-10,13H,3,11-12H2,1-2H3,(H,22,23,26). The Bertz CT molecular complexity index is 1090. The number of nitrogens with one attached hydrogen (secondary N) is 1. The van der Waals surface area contributed by atoms with Gasteiger partial charge in [-0.15, -0.1) is 0 Å². The maximum Gasteiger partial charge on any atom is 0.350 e. The minimum atomic E-state index is -0.498.